The minimum atomic E-state index is -0.291. The lowest BCUT2D eigenvalue weighted by Gasteiger charge is -2.09. The van der Waals surface area contributed by atoms with Crippen LogP contribution in [-0.4, -0.2) is 17.1 Å². The Bertz CT molecular complexity index is 1080. The van der Waals surface area contributed by atoms with Crippen molar-refractivity contribution < 1.29 is 9.53 Å². The number of ether oxygens (including phenoxy) is 1. The quantitative estimate of drug-likeness (QED) is 0.416. The Morgan fingerprint density at radius 2 is 1.68 bits per heavy atom. The van der Waals surface area contributed by atoms with Crippen molar-refractivity contribution in [3.8, 4) is 5.69 Å². The zero-order chi connectivity index (χ0) is 17.4. The predicted octanol–water partition coefficient (Wildman–Crippen LogP) is 5.72. The number of benzene rings is 3. The van der Waals surface area contributed by atoms with E-state index in [9.17, 15) is 4.79 Å². The number of para-hydroxylation sites is 1. The van der Waals surface area contributed by atoms with Gasteiger partial charge in [0.05, 0.1) is 23.2 Å². The van der Waals surface area contributed by atoms with Gasteiger partial charge in [-0.3, -0.25) is 0 Å². The van der Waals surface area contributed by atoms with Gasteiger partial charge in [0, 0.05) is 20.9 Å². The van der Waals surface area contributed by atoms with Crippen molar-refractivity contribution >= 4 is 43.7 Å². The van der Waals surface area contributed by atoms with Gasteiger partial charge in [-0.2, -0.15) is 0 Å². The van der Waals surface area contributed by atoms with Gasteiger partial charge in [0.25, 0.3) is 0 Å². The molecule has 0 saturated carbocycles. The van der Waals surface area contributed by atoms with Gasteiger partial charge in [-0.15, -0.1) is 0 Å². The molecule has 1 heterocycles. The van der Waals surface area contributed by atoms with E-state index < -0.39 is 0 Å². The Kier molecular flexibility index (Phi) is 4.06. The van der Waals surface area contributed by atoms with Crippen LogP contribution in [0.3, 0.4) is 0 Å². The molecule has 3 nitrogen and oxygen atoms in total. The molecule has 0 saturated heterocycles. The van der Waals surface area contributed by atoms with Crippen molar-refractivity contribution in [3.05, 3.63) is 76.8 Å². The van der Waals surface area contributed by atoms with Crippen LogP contribution < -0.4 is 0 Å². The summed E-state index contributed by atoms with van der Waals surface area (Å²) in [6, 6.07) is 22.2. The van der Waals surface area contributed by atoms with Crippen LogP contribution in [0.1, 0.15) is 17.3 Å². The molecular weight excluding hydrogens is 378 g/mol. The van der Waals surface area contributed by atoms with Gasteiger partial charge in [0.15, 0.2) is 0 Å². The van der Waals surface area contributed by atoms with Gasteiger partial charge >= 0.3 is 5.97 Å². The van der Waals surface area contributed by atoms with Crippen molar-refractivity contribution in [2.24, 2.45) is 0 Å². The lowest BCUT2D eigenvalue weighted by atomic mass is 10.2. The van der Waals surface area contributed by atoms with E-state index in [0.29, 0.717) is 12.2 Å². The van der Waals surface area contributed by atoms with Gasteiger partial charge in [-0.1, -0.05) is 34.1 Å². The first kappa shape index (κ1) is 15.9. The third-order valence-corrected chi connectivity index (χ3v) is 4.76. The first-order valence-corrected chi connectivity index (χ1v) is 8.94. The van der Waals surface area contributed by atoms with Crippen LogP contribution in [0.4, 0.5) is 0 Å². The Hall–Kier alpha value is -2.59. The van der Waals surface area contributed by atoms with Crippen molar-refractivity contribution in [1.29, 1.82) is 0 Å². The molecule has 0 radical (unpaired) electrons. The Morgan fingerprint density at radius 3 is 2.44 bits per heavy atom. The van der Waals surface area contributed by atoms with Crippen LogP contribution in [0.15, 0.2) is 71.2 Å². The fourth-order valence-corrected chi connectivity index (χ4v) is 3.55. The van der Waals surface area contributed by atoms with Gasteiger partial charge < -0.3 is 9.30 Å². The number of hydrogen-bond donors (Lipinski definition) is 0. The summed E-state index contributed by atoms with van der Waals surface area (Å²) in [5.74, 6) is -0.291. The predicted molar refractivity (Wildman–Crippen MR) is 104 cm³/mol. The monoisotopic (exact) mass is 393 g/mol. The van der Waals surface area contributed by atoms with Crippen molar-refractivity contribution in [2.45, 2.75) is 6.92 Å². The molecular formula is C21H16BrNO2. The second kappa shape index (κ2) is 6.37. The Labute approximate surface area is 154 Å². The Morgan fingerprint density at radius 1 is 0.960 bits per heavy atom. The number of carbonyl (C=O) groups is 1. The largest absolute Gasteiger partial charge is 0.462 e. The van der Waals surface area contributed by atoms with Crippen LogP contribution in [0.2, 0.25) is 0 Å². The summed E-state index contributed by atoms with van der Waals surface area (Å²) in [6.07, 6.45) is 0. The second-order valence-electron chi connectivity index (χ2n) is 5.78. The molecule has 4 heteroatoms. The molecule has 0 bridgehead atoms. The molecule has 124 valence electrons. The summed E-state index contributed by atoms with van der Waals surface area (Å²) in [5.41, 5.74) is 3.85. The van der Waals surface area contributed by atoms with Crippen LogP contribution in [-0.2, 0) is 4.74 Å². The second-order valence-corrected chi connectivity index (χ2v) is 6.70. The Balaban J connectivity index is 1.92. The van der Waals surface area contributed by atoms with Crippen LogP contribution in [0.5, 0.6) is 0 Å². The summed E-state index contributed by atoms with van der Waals surface area (Å²) in [5, 5.41) is 2.40. The lowest BCUT2D eigenvalue weighted by Crippen LogP contribution is -2.04. The summed E-state index contributed by atoms with van der Waals surface area (Å²) in [7, 11) is 0. The number of aromatic nitrogens is 1. The van der Waals surface area contributed by atoms with Crippen LogP contribution in [0.25, 0.3) is 27.5 Å². The number of nitrogens with zero attached hydrogens (tertiary/aromatic N) is 1. The van der Waals surface area contributed by atoms with Gasteiger partial charge in [0.2, 0.25) is 0 Å². The zero-order valence-electron chi connectivity index (χ0n) is 13.7. The number of carbonyl (C=O) groups excluding carboxylic acids is 1. The SMILES string of the molecule is CCOC(=O)c1ccc(-n2c3ccccc3c3cc(Br)ccc32)cc1. The number of fused-ring (bicyclic) bond motifs is 3. The summed E-state index contributed by atoms with van der Waals surface area (Å²) >= 11 is 3.56. The fourth-order valence-electron chi connectivity index (χ4n) is 3.18. The molecule has 25 heavy (non-hydrogen) atoms. The normalized spacial score (nSPS) is 11.1. The van der Waals surface area contributed by atoms with E-state index in [1.54, 1.807) is 0 Å². The molecule has 0 fully saturated rings. The van der Waals surface area contributed by atoms with E-state index >= 15 is 0 Å². The molecule has 1 aromatic heterocycles. The number of hydrogen-bond acceptors (Lipinski definition) is 2. The average molecular weight is 394 g/mol. The maximum absolute atomic E-state index is 11.9. The topological polar surface area (TPSA) is 31.2 Å². The summed E-state index contributed by atoms with van der Waals surface area (Å²) in [4.78, 5) is 11.9. The van der Waals surface area contributed by atoms with E-state index in [4.69, 9.17) is 4.74 Å². The fraction of sp³-hybridized carbons (Fsp3) is 0.0952. The molecule has 0 amide bonds. The van der Waals surface area contributed by atoms with Crippen molar-refractivity contribution in [1.82, 2.24) is 4.57 Å². The van der Waals surface area contributed by atoms with Crippen molar-refractivity contribution in [2.75, 3.05) is 6.61 Å². The first-order chi connectivity index (χ1) is 12.2. The molecule has 3 aromatic carbocycles. The lowest BCUT2D eigenvalue weighted by molar-refractivity contribution is 0.0526. The van der Waals surface area contributed by atoms with Crippen molar-refractivity contribution in [3.63, 3.8) is 0 Å². The molecule has 0 N–H and O–H groups in total. The van der Waals surface area contributed by atoms with E-state index in [1.807, 2.05) is 43.3 Å². The van der Waals surface area contributed by atoms with E-state index in [0.717, 1.165) is 21.2 Å². The van der Waals surface area contributed by atoms with E-state index in [2.05, 4.69) is 50.8 Å². The molecule has 0 atom stereocenters. The zero-order valence-corrected chi connectivity index (χ0v) is 15.3. The van der Waals surface area contributed by atoms with Gasteiger partial charge in [-0.05, 0) is 55.5 Å². The number of halogens is 1. The number of rotatable bonds is 3. The first-order valence-electron chi connectivity index (χ1n) is 8.15. The molecule has 0 aliphatic heterocycles. The average Bonchev–Trinajstić information content (AvgIpc) is 2.96. The van der Waals surface area contributed by atoms with Crippen LogP contribution >= 0.6 is 15.9 Å². The third-order valence-electron chi connectivity index (χ3n) is 4.27. The highest BCUT2D eigenvalue weighted by atomic mass is 79.9. The minimum absolute atomic E-state index is 0.291. The highest BCUT2D eigenvalue weighted by molar-refractivity contribution is 9.10. The highest BCUT2D eigenvalue weighted by Gasteiger charge is 2.13. The highest BCUT2D eigenvalue weighted by Crippen LogP contribution is 2.33. The molecule has 4 aromatic rings. The third kappa shape index (κ3) is 2.72. The maximum atomic E-state index is 11.9. The molecule has 0 spiro atoms. The molecule has 0 aliphatic rings. The number of esters is 1. The summed E-state index contributed by atoms with van der Waals surface area (Å²) < 4.78 is 8.33. The van der Waals surface area contributed by atoms with E-state index in [-0.39, 0.29) is 5.97 Å². The van der Waals surface area contributed by atoms with Gasteiger partial charge in [0.1, 0.15) is 0 Å². The standard InChI is InChI=1S/C21H16BrNO2/c1-2-25-21(24)14-7-10-16(11-8-14)23-19-6-4-3-5-17(19)18-13-15(22)9-12-20(18)23/h3-13H,2H2,1H3. The molecule has 0 aliphatic carbocycles. The summed E-state index contributed by atoms with van der Waals surface area (Å²) in [6.45, 7) is 2.19. The van der Waals surface area contributed by atoms with E-state index in [1.165, 1.54) is 10.8 Å². The molecule has 4 rings (SSSR count). The molecule has 0 unspecified atom stereocenters. The minimum Gasteiger partial charge on any atom is -0.462 e. The maximum Gasteiger partial charge on any atom is 0.338 e. The van der Waals surface area contributed by atoms with Gasteiger partial charge in [-0.25, -0.2) is 4.79 Å². The smallest absolute Gasteiger partial charge is 0.338 e. The van der Waals surface area contributed by atoms with Crippen LogP contribution in [0, 0.1) is 0 Å².